The quantitative estimate of drug-likeness (QED) is 0.517. The first kappa shape index (κ1) is 13.4. The molecule has 1 heterocycles. The van der Waals surface area contributed by atoms with E-state index in [1.165, 1.54) is 11.8 Å². The normalized spacial score (nSPS) is 35.4. The molecular weight excluding hydrogens is 212 g/mol. The number of likely N-dealkylation sites (N-methyl/N-ethyl adjacent to an activating group) is 2. The van der Waals surface area contributed by atoms with Crippen LogP contribution >= 0.6 is 0 Å². The summed E-state index contributed by atoms with van der Waals surface area (Å²) in [7, 11) is 3.36. The highest BCUT2D eigenvalue weighted by molar-refractivity contribution is 5.72. The highest BCUT2D eigenvalue weighted by Gasteiger charge is 2.45. The van der Waals surface area contributed by atoms with Gasteiger partial charge in [-0.1, -0.05) is 0 Å². The minimum Gasteiger partial charge on any atom is -0.395 e. The van der Waals surface area contributed by atoms with Gasteiger partial charge in [0.05, 0.1) is 30.9 Å². The third kappa shape index (κ3) is 2.35. The van der Waals surface area contributed by atoms with Gasteiger partial charge < -0.3 is 20.2 Å². The van der Waals surface area contributed by atoms with E-state index in [1.54, 1.807) is 19.0 Å². The van der Waals surface area contributed by atoms with Gasteiger partial charge in [0, 0.05) is 20.5 Å². The molecule has 6 heteroatoms. The molecule has 0 radical (unpaired) electrons. The van der Waals surface area contributed by atoms with Crippen LogP contribution in [0.25, 0.3) is 0 Å². The second kappa shape index (κ2) is 5.09. The lowest BCUT2D eigenvalue weighted by Gasteiger charge is -2.28. The molecule has 0 aromatic carbocycles. The zero-order valence-electron chi connectivity index (χ0n) is 9.87. The molecule has 1 aliphatic heterocycles. The SMILES string of the molecule is CC(=O)N(C)C[C@@H]1[C@@H](O)[C@H](O)C(CO)N1C. The number of amides is 1. The lowest BCUT2D eigenvalue weighted by atomic mass is 10.1. The van der Waals surface area contributed by atoms with Gasteiger partial charge >= 0.3 is 0 Å². The van der Waals surface area contributed by atoms with E-state index < -0.39 is 18.2 Å². The van der Waals surface area contributed by atoms with E-state index in [-0.39, 0.29) is 18.6 Å². The lowest BCUT2D eigenvalue weighted by molar-refractivity contribution is -0.128. The van der Waals surface area contributed by atoms with Gasteiger partial charge in [0.2, 0.25) is 5.91 Å². The Labute approximate surface area is 95.1 Å². The van der Waals surface area contributed by atoms with E-state index in [0.717, 1.165) is 0 Å². The van der Waals surface area contributed by atoms with Crippen LogP contribution in [0.5, 0.6) is 0 Å². The van der Waals surface area contributed by atoms with Gasteiger partial charge in [-0.3, -0.25) is 9.69 Å². The number of aliphatic hydroxyl groups excluding tert-OH is 3. The maximum atomic E-state index is 11.1. The second-order valence-corrected chi connectivity index (χ2v) is 4.36. The van der Waals surface area contributed by atoms with Crippen molar-refractivity contribution in [2.45, 2.75) is 31.2 Å². The molecule has 1 rings (SSSR count). The highest BCUT2D eigenvalue weighted by atomic mass is 16.3. The molecule has 0 aromatic rings. The third-order valence-corrected chi connectivity index (χ3v) is 3.37. The van der Waals surface area contributed by atoms with Gasteiger partial charge in [-0.15, -0.1) is 0 Å². The zero-order chi connectivity index (χ0) is 12.5. The molecule has 1 saturated heterocycles. The summed E-state index contributed by atoms with van der Waals surface area (Å²) in [4.78, 5) is 14.3. The van der Waals surface area contributed by atoms with Gasteiger partial charge in [0.25, 0.3) is 0 Å². The van der Waals surface area contributed by atoms with Crippen LogP contribution in [0.3, 0.4) is 0 Å². The summed E-state index contributed by atoms with van der Waals surface area (Å²) >= 11 is 0. The van der Waals surface area contributed by atoms with Crippen LogP contribution in [-0.2, 0) is 4.79 Å². The number of hydrogen-bond acceptors (Lipinski definition) is 5. The van der Waals surface area contributed by atoms with Crippen LogP contribution in [0.4, 0.5) is 0 Å². The molecule has 1 unspecified atom stereocenters. The van der Waals surface area contributed by atoms with Crippen LogP contribution in [0.15, 0.2) is 0 Å². The smallest absolute Gasteiger partial charge is 0.219 e. The molecule has 0 aliphatic carbocycles. The minimum atomic E-state index is -0.972. The zero-order valence-corrected chi connectivity index (χ0v) is 9.87. The molecule has 16 heavy (non-hydrogen) atoms. The van der Waals surface area contributed by atoms with Gasteiger partial charge in [0.1, 0.15) is 0 Å². The topological polar surface area (TPSA) is 84.2 Å². The van der Waals surface area contributed by atoms with Crippen molar-refractivity contribution in [1.82, 2.24) is 9.80 Å². The van der Waals surface area contributed by atoms with Gasteiger partial charge in [-0.05, 0) is 7.05 Å². The summed E-state index contributed by atoms with van der Waals surface area (Å²) in [6, 6.07) is -0.818. The number of hydrogen-bond donors (Lipinski definition) is 3. The van der Waals surface area contributed by atoms with Crippen molar-refractivity contribution < 1.29 is 20.1 Å². The molecule has 0 saturated carbocycles. The number of carbonyl (C=O) groups is 1. The Kier molecular flexibility index (Phi) is 4.26. The van der Waals surface area contributed by atoms with Crippen molar-refractivity contribution in [3.05, 3.63) is 0 Å². The van der Waals surface area contributed by atoms with Crippen molar-refractivity contribution in [2.75, 3.05) is 27.2 Å². The average Bonchev–Trinajstić information content (AvgIpc) is 2.42. The standard InChI is InChI=1S/C10H20N2O4/c1-6(14)11(2)4-7-9(15)10(16)8(5-13)12(7)3/h7-10,13,15-16H,4-5H2,1-3H3/t7-,8?,9-,10-/m1/s1. The van der Waals surface area contributed by atoms with Crippen LogP contribution in [0, 0.1) is 0 Å². The molecule has 0 bridgehead atoms. The molecule has 0 aromatic heterocycles. The third-order valence-electron chi connectivity index (χ3n) is 3.37. The van der Waals surface area contributed by atoms with Crippen molar-refractivity contribution in [3.63, 3.8) is 0 Å². The van der Waals surface area contributed by atoms with Crippen LogP contribution in [0.2, 0.25) is 0 Å². The molecule has 94 valence electrons. The Morgan fingerprint density at radius 3 is 2.19 bits per heavy atom. The van der Waals surface area contributed by atoms with Crippen LogP contribution in [0.1, 0.15) is 6.92 Å². The maximum absolute atomic E-state index is 11.1. The summed E-state index contributed by atoms with van der Waals surface area (Å²) in [5, 5.41) is 28.6. The molecule has 1 amide bonds. The fourth-order valence-electron chi connectivity index (χ4n) is 2.07. The van der Waals surface area contributed by atoms with E-state index in [2.05, 4.69) is 0 Å². The molecule has 6 nitrogen and oxygen atoms in total. The summed E-state index contributed by atoms with van der Waals surface area (Å²) < 4.78 is 0. The fraction of sp³-hybridized carbons (Fsp3) is 0.900. The summed E-state index contributed by atoms with van der Waals surface area (Å²) in [6.45, 7) is 1.57. The van der Waals surface area contributed by atoms with E-state index in [9.17, 15) is 15.0 Å². The lowest BCUT2D eigenvalue weighted by Crippen LogP contribution is -2.45. The summed E-state index contributed by atoms with van der Waals surface area (Å²) in [6.07, 6.45) is -1.91. The van der Waals surface area contributed by atoms with E-state index in [4.69, 9.17) is 5.11 Å². The number of aliphatic hydroxyl groups is 3. The van der Waals surface area contributed by atoms with E-state index in [1.807, 2.05) is 0 Å². The Morgan fingerprint density at radius 1 is 1.31 bits per heavy atom. The monoisotopic (exact) mass is 232 g/mol. The second-order valence-electron chi connectivity index (χ2n) is 4.36. The number of nitrogens with zero attached hydrogens (tertiary/aromatic N) is 2. The first-order chi connectivity index (χ1) is 7.40. The Balaban J connectivity index is 2.70. The predicted molar refractivity (Wildman–Crippen MR) is 57.7 cm³/mol. The van der Waals surface area contributed by atoms with Crippen LogP contribution in [-0.4, -0.2) is 82.6 Å². The fourth-order valence-corrected chi connectivity index (χ4v) is 2.07. The molecular formula is C10H20N2O4. The molecule has 1 fully saturated rings. The molecule has 3 N–H and O–H groups in total. The van der Waals surface area contributed by atoms with Gasteiger partial charge in [-0.2, -0.15) is 0 Å². The largest absolute Gasteiger partial charge is 0.395 e. The average molecular weight is 232 g/mol. The van der Waals surface area contributed by atoms with Crippen molar-refractivity contribution in [3.8, 4) is 0 Å². The van der Waals surface area contributed by atoms with Crippen molar-refractivity contribution in [1.29, 1.82) is 0 Å². The minimum absolute atomic E-state index is 0.0949. The number of carbonyl (C=O) groups excluding carboxylic acids is 1. The van der Waals surface area contributed by atoms with Crippen LogP contribution < -0.4 is 0 Å². The molecule has 1 aliphatic rings. The van der Waals surface area contributed by atoms with Gasteiger partial charge in [0.15, 0.2) is 0 Å². The van der Waals surface area contributed by atoms with Gasteiger partial charge in [-0.25, -0.2) is 0 Å². The Hall–Kier alpha value is -0.690. The maximum Gasteiger partial charge on any atom is 0.219 e. The number of likely N-dealkylation sites (tertiary alicyclic amines) is 1. The predicted octanol–water partition coefficient (Wildman–Crippen LogP) is -2.14. The number of rotatable bonds is 3. The Morgan fingerprint density at radius 2 is 1.81 bits per heavy atom. The van der Waals surface area contributed by atoms with E-state index in [0.29, 0.717) is 6.54 Å². The highest BCUT2D eigenvalue weighted by Crippen LogP contribution is 2.23. The molecule has 4 atom stereocenters. The summed E-state index contributed by atoms with van der Waals surface area (Å²) in [5.41, 5.74) is 0. The Bertz CT molecular complexity index is 261. The molecule has 0 spiro atoms. The van der Waals surface area contributed by atoms with Crippen molar-refractivity contribution in [2.24, 2.45) is 0 Å². The first-order valence-electron chi connectivity index (χ1n) is 5.30. The first-order valence-corrected chi connectivity index (χ1v) is 5.30. The summed E-state index contributed by atoms with van der Waals surface area (Å²) in [5.74, 6) is -0.0949. The van der Waals surface area contributed by atoms with E-state index >= 15 is 0 Å². The van der Waals surface area contributed by atoms with Crippen molar-refractivity contribution >= 4 is 5.91 Å².